The van der Waals surface area contributed by atoms with Gasteiger partial charge in [-0.3, -0.25) is 4.79 Å². The molecule has 0 aliphatic carbocycles. The third kappa shape index (κ3) is 1.50. The maximum absolute atomic E-state index is 11.1. The Kier molecular flexibility index (Phi) is 2.25. The maximum Gasteiger partial charge on any atom is 0.234 e. The van der Waals surface area contributed by atoms with E-state index in [1.54, 1.807) is 13.2 Å². The Morgan fingerprint density at radius 2 is 2.36 bits per heavy atom. The van der Waals surface area contributed by atoms with Crippen LogP contribution in [-0.4, -0.2) is 18.8 Å². The second kappa shape index (κ2) is 3.42. The van der Waals surface area contributed by atoms with Gasteiger partial charge in [0.2, 0.25) is 5.91 Å². The number of nitrogens with one attached hydrogen (secondary N) is 1. The SMILES string of the molecule is COc1cc2c(cc1N)SCC(=O)N2. The Hall–Kier alpha value is -1.36. The normalized spacial score (nSPS) is 14.5. The predicted octanol–water partition coefficient (Wildman–Crippen LogP) is 1.32. The van der Waals surface area contributed by atoms with Crippen molar-refractivity contribution in [1.82, 2.24) is 0 Å². The number of hydrogen-bond acceptors (Lipinski definition) is 4. The molecule has 1 amide bonds. The van der Waals surface area contributed by atoms with E-state index < -0.39 is 0 Å². The van der Waals surface area contributed by atoms with Crippen LogP contribution >= 0.6 is 11.8 Å². The van der Waals surface area contributed by atoms with E-state index in [9.17, 15) is 4.79 Å². The molecule has 1 aromatic rings. The molecular weight excluding hydrogens is 200 g/mol. The highest BCUT2D eigenvalue weighted by molar-refractivity contribution is 8.00. The molecule has 0 fully saturated rings. The highest BCUT2D eigenvalue weighted by Gasteiger charge is 2.17. The first kappa shape index (κ1) is 9.21. The first-order valence-corrected chi connectivity index (χ1v) is 5.09. The minimum Gasteiger partial charge on any atom is -0.495 e. The average Bonchev–Trinajstić information content (AvgIpc) is 2.17. The van der Waals surface area contributed by atoms with Gasteiger partial charge in [-0.05, 0) is 6.07 Å². The Labute approximate surface area is 85.8 Å². The Bertz CT molecular complexity index is 393. The number of fused-ring (bicyclic) bond motifs is 1. The zero-order valence-electron chi connectivity index (χ0n) is 7.66. The fourth-order valence-corrected chi connectivity index (χ4v) is 2.13. The Balaban J connectivity index is 2.46. The van der Waals surface area contributed by atoms with Gasteiger partial charge in [0.25, 0.3) is 0 Å². The number of carbonyl (C=O) groups excluding carboxylic acids is 1. The van der Waals surface area contributed by atoms with Crippen molar-refractivity contribution >= 4 is 29.0 Å². The minimum absolute atomic E-state index is 0.00863. The number of anilines is 2. The number of hydrogen-bond donors (Lipinski definition) is 2. The summed E-state index contributed by atoms with van der Waals surface area (Å²) in [4.78, 5) is 12.1. The molecule has 0 spiro atoms. The summed E-state index contributed by atoms with van der Waals surface area (Å²) in [6, 6.07) is 3.56. The monoisotopic (exact) mass is 210 g/mol. The number of amides is 1. The van der Waals surface area contributed by atoms with Crippen LogP contribution in [0.2, 0.25) is 0 Å². The largest absolute Gasteiger partial charge is 0.495 e. The molecule has 1 heterocycles. The van der Waals surface area contributed by atoms with Crippen molar-refractivity contribution in [2.24, 2.45) is 0 Å². The summed E-state index contributed by atoms with van der Waals surface area (Å²) in [7, 11) is 1.55. The predicted molar refractivity (Wildman–Crippen MR) is 56.8 cm³/mol. The topological polar surface area (TPSA) is 64.3 Å². The number of rotatable bonds is 1. The number of nitrogen functional groups attached to an aromatic ring is 1. The fourth-order valence-electron chi connectivity index (χ4n) is 1.30. The van der Waals surface area contributed by atoms with Gasteiger partial charge in [-0.2, -0.15) is 0 Å². The van der Waals surface area contributed by atoms with E-state index in [0.29, 0.717) is 17.2 Å². The molecule has 0 bridgehead atoms. The van der Waals surface area contributed by atoms with Crippen LogP contribution in [0.3, 0.4) is 0 Å². The second-order valence-electron chi connectivity index (χ2n) is 2.93. The lowest BCUT2D eigenvalue weighted by Gasteiger charge is -2.17. The van der Waals surface area contributed by atoms with Gasteiger partial charge in [0, 0.05) is 11.0 Å². The van der Waals surface area contributed by atoms with Crippen LogP contribution < -0.4 is 15.8 Å². The summed E-state index contributed by atoms with van der Waals surface area (Å²) in [6.45, 7) is 0. The van der Waals surface area contributed by atoms with Crippen LogP contribution in [0.4, 0.5) is 11.4 Å². The average molecular weight is 210 g/mol. The molecule has 0 radical (unpaired) electrons. The molecule has 0 saturated carbocycles. The maximum atomic E-state index is 11.1. The summed E-state index contributed by atoms with van der Waals surface area (Å²) in [6.07, 6.45) is 0. The molecule has 0 saturated heterocycles. The number of methoxy groups -OCH3 is 1. The standard InChI is InChI=1S/C9H10N2O2S/c1-13-7-3-6-8(2-5(7)10)14-4-9(12)11-6/h2-3H,4,10H2,1H3,(H,11,12). The first-order valence-electron chi connectivity index (χ1n) is 4.11. The van der Waals surface area contributed by atoms with Gasteiger partial charge in [-0.25, -0.2) is 0 Å². The van der Waals surface area contributed by atoms with Crippen molar-refractivity contribution in [3.8, 4) is 5.75 Å². The lowest BCUT2D eigenvalue weighted by molar-refractivity contribution is -0.113. The molecule has 1 aromatic carbocycles. The number of thioether (sulfide) groups is 1. The van der Waals surface area contributed by atoms with Gasteiger partial charge >= 0.3 is 0 Å². The number of carbonyl (C=O) groups is 1. The Morgan fingerprint density at radius 1 is 1.57 bits per heavy atom. The van der Waals surface area contributed by atoms with Crippen LogP contribution in [0, 0.1) is 0 Å². The lowest BCUT2D eigenvalue weighted by Crippen LogP contribution is -2.18. The minimum atomic E-state index is 0.00863. The van der Waals surface area contributed by atoms with E-state index >= 15 is 0 Å². The van der Waals surface area contributed by atoms with Crippen molar-refractivity contribution in [3.05, 3.63) is 12.1 Å². The van der Waals surface area contributed by atoms with Crippen LogP contribution in [-0.2, 0) is 4.79 Å². The third-order valence-electron chi connectivity index (χ3n) is 1.96. The fraction of sp³-hybridized carbons (Fsp3) is 0.222. The zero-order chi connectivity index (χ0) is 10.1. The van der Waals surface area contributed by atoms with E-state index in [1.807, 2.05) is 6.07 Å². The molecule has 0 atom stereocenters. The molecule has 14 heavy (non-hydrogen) atoms. The molecule has 2 rings (SSSR count). The van der Waals surface area contributed by atoms with Crippen LogP contribution in [0.5, 0.6) is 5.75 Å². The second-order valence-corrected chi connectivity index (χ2v) is 3.94. The van der Waals surface area contributed by atoms with Gasteiger partial charge in [0.15, 0.2) is 0 Å². The number of ether oxygens (including phenoxy) is 1. The molecule has 4 nitrogen and oxygen atoms in total. The van der Waals surface area contributed by atoms with Gasteiger partial charge in [-0.1, -0.05) is 0 Å². The van der Waals surface area contributed by atoms with Crippen molar-refractivity contribution in [3.63, 3.8) is 0 Å². The van der Waals surface area contributed by atoms with Crippen molar-refractivity contribution in [2.75, 3.05) is 23.9 Å². The third-order valence-corrected chi connectivity index (χ3v) is 3.02. The molecule has 1 aliphatic heterocycles. The summed E-state index contributed by atoms with van der Waals surface area (Å²) >= 11 is 1.48. The van der Waals surface area contributed by atoms with Gasteiger partial charge in [-0.15, -0.1) is 11.8 Å². The summed E-state index contributed by atoms with van der Waals surface area (Å²) in [5, 5.41) is 2.77. The van der Waals surface area contributed by atoms with E-state index in [1.165, 1.54) is 11.8 Å². The van der Waals surface area contributed by atoms with Gasteiger partial charge in [0.05, 0.1) is 24.2 Å². The van der Waals surface area contributed by atoms with Crippen LogP contribution in [0.15, 0.2) is 17.0 Å². The summed E-state index contributed by atoms with van der Waals surface area (Å²) in [5.41, 5.74) is 7.11. The molecule has 0 aromatic heterocycles. The Morgan fingerprint density at radius 3 is 3.07 bits per heavy atom. The highest BCUT2D eigenvalue weighted by Crippen LogP contribution is 2.37. The molecule has 74 valence electrons. The van der Waals surface area contributed by atoms with Crippen LogP contribution in [0.25, 0.3) is 0 Å². The highest BCUT2D eigenvalue weighted by atomic mass is 32.2. The number of benzene rings is 1. The van der Waals surface area contributed by atoms with E-state index in [4.69, 9.17) is 10.5 Å². The van der Waals surface area contributed by atoms with E-state index in [0.717, 1.165) is 10.6 Å². The first-order chi connectivity index (χ1) is 6.70. The lowest BCUT2D eigenvalue weighted by atomic mass is 10.2. The van der Waals surface area contributed by atoms with E-state index in [2.05, 4.69) is 5.32 Å². The molecule has 1 aliphatic rings. The summed E-state index contributed by atoms with van der Waals surface area (Å²) in [5.74, 6) is 1.04. The van der Waals surface area contributed by atoms with Gasteiger partial charge < -0.3 is 15.8 Å². The van der Waals surface area contributed by atoms with Crippen molar-refractivity contribution in [1.29, 1.82) is 0 Å². The zero-order valence-corrected chi connectivity index (χ0v) is 8.48. The quantitative estimate of drug-likeness (QED) is 0.686. The smallest absolute Gasteiger partial charge is 0.234 e. The van der Waals surface area contributed by atoms with E-state index in [-0.39, 0.29) is 5.91 Å². The van der Waals surface area contributed by atoms with Crippen molar-refractivity contribution < 1.29 is 9.53 Å². The molecule has 0 unspecified atom stereocenters. The molecule has 3 N–H and O–H groups in total. The van der Waals surface area contributed by atoms with Crippen LogP contribution in [0.1, 0.15) is 0 Å². The number of nitrogens with two attached hydrogens (primary N) is 1. The van der Waals surface area contributed by atoms with Crippen molar-refractivity contribution in [2.45, 2.75) is 4.90 Å². The summed E-state index contributed by atoms with van der Waals surface area (Å²) < 4.78 is 5.06. The van der Waals surface area contributed by atoms with Gasteiger partial charge in [0.1, 0.15) is 5.75 Å². The molecule has 5 heteroatoms. The molecular formula is C9H10N2O2S.